The van der Waals surface area contributed by atoms with Gasteiger partial charge in [0.2, 0.25) is 24.0 Å². The minimum atomic E-state index is -1.58. The predicted octanol–water partition coefficient (Wildman–Crippen LogP) is -0.227. The number of aliphatic hydroxyl groups is 5. The Morgan fingerprint density at radius 2 is 1.86 bits per heavy atom. The minimum Gasteiger partial charge on any atom is -0.493 e. The second-order valence-electron chi connectivity index (χ2n) is 11.8. The normalized spacial score (nSPS) is 22.1. The maximum Gasteiger partial charge on any atom is 0.245 e. The lowest BCUT2D eigenvalue weighted by Gasteiger charge is -2.39. The van der Waals surface area contributed by atoms with Crippen LogP contribution in [-0.2, 0) is 20.7 Å². The lowest BCUT2D eigenvalue weighted by Crippen LogP contribution is -2.60. The Hall–Kier alpha value is -3.27. The van der Waals surface area contributed by atoms with Crippen molar-refractivity contribution in [2.24, 2.45) is 0 Å². The van der Waals surface area contributed by atoms with Crippen LogP contribution in [0.3, 0.4) is 0 Å². The van der Waals surface area contributed by atoms with Crippen LogP contribution in [0.25, 0.3) is 0 Å². The molecule has 3 rings (SSSR count). The maximum atomic E-state index is 12.4. The van der Waals surface area contributed by atoms with Gasteiger partial charge in [-0.15, -0.1) is 5.10 Å². The molecule has 0 aliphatic carbocycles. The van der Waals surface area contributed by atoms with Crippen LogP contribution in [-0.4, -0.2) is 110 Å². The average Bonchev–Trinajstić information content (AvgIpc) is 3.36. The Morgan fingerprint density at radius 1 is 1.14 bits per heavy atom. The molecule has 2 amide bonds. The summed E-state index contributed by atoms with van der Waals surface area (Å²) in [7, 11) is 0. The molecule has 44 heavy (non-hydrogen) atoms. The van der Waals surface area contributed by atoms with E-state index in [1.54, 1.807) is 19.9 Å². The third-order valence-corrected chi connectivity index (χ3v) is 7.43. The maximum absolute atomic E-state index is 12.4. The third kappa shape index (κ3) is 8.89. The lowest BCUT2D eigenvalue weighted by atomic mass is 9.96. The van der Waals surface area contributed by atoms with Crippen LogP contribution in [0.5, 0.6) is 11.6 Å². The first-order valence-electron chi connectivity index (χ1n) is 14.8. The molecule has 2 aromatic rings. The number of aliphatic hydroxyl groups excluding tert-OH is 5. The molecule has 8 N–H and O–H groups in total. The topological polar surface area (TPSA) is 216 Å². The number of carbonyl (C=O) groups is 2. The van der Waals surface area contributed by atoms with Crippen LogP contribution >= 0.6 is 0 Å². The molecule has 0 saturated carbocycles. The molecule has 14 heteroatoms. The summed E-state index contributed by atoms with van der Waals surface area (Å²) >= 11 is 0. The highest BCUT2D eigenvalue weighted by molar-refractivity contribution is 5.90. The van der Waals surface area contributed by atoms with E-state index in [-0.39, 0.29) is 43.2 Å². The number of benzene rings is 1. The molecular weight excluding hydrogens is 576 g/mol. The molecule has 0 bridgehead atoms. The number of amides is 2. The Kier molecular flexibility index (Phi) is 12.5. The van der Waals surface area contributed by atoms with Crippen LogP contribution in [0.4, 0.5) is 0 Å². The fraction of sp³-hybridized carbons (Fsp3) is 0.633. The van der Waals surface area contributed by atoms with Gasteiger partial charge in [0.1, 0.15) is 35.7 Å². The fourth-order valence-electron chi connectivity index (χ4n) is 4.76. The third-order valence-electron chi connectivity index (χ3n) is 7.43. The molecule has 1 aromatic heterocycles. The van der Waals surface area contributed by atoms with Crippen molar-refractivity contribution in [3.8, 4) is 11.6 Å². The van der Waals surface area contributed by atoms with Crippen LogP contribution in [0.1, 0.15) is 68.8 Å². The quantitative estimate of drug-likeness (QED) is 0.121. The van der Waals surface area contributed by atoms with Gasteiger partial charge in [-0.3, -0.25) is 14.7 Å². The first kappa shape index (κ1) is 35.2. The lowest BCUT2D eigenvalue weighted by molar-refractivity contribution is -0.278. The summed E-state index contributed by atoms with van der Waals surface area (Å²) in [4.78, 5) is 24.7. The summed E-state index contributed by atoms with van der Waals surface area (Å²) in [6.07, 6.45) is -6.25. The molecule has 0 radical (unpaired) electrons. The fourth-order valence-corrected chi connectivity index (χ4v) is 4.76. The number of hydrogen-bond donors (Lipinski definition) is 8. The SMILES string of the molecule is Cc1cc(OCCC(=O)NC(C)(C)C(=O)NCCCO)ccc1Cc1c(OC2O[C@H](CO)[C@@H](O)[C@H](O)[C@H]2O)n[nH]c1C(C)C. The number of aryl methyl sites for hydroxylation is 1. The molecule has 14 nitrogen and oxygen atoms in total. The molecule has 1 saturated heterocycles. The van der Waals surface area contributed by atoms with E-state index in [9.17, 15) is 30.0 Å². The number of ether oxygens (including phenoxy) is 3. The number of carbonyl (C=O) groups excluding carboxylic acids is 2. The molecule has 1 fully saturated rings. The summed E-state index contributed by atoms with van der Waals surface area (Å²) in [5.41, 5.74) is 2.25. The second kappa shape index (κ2) is 15.6. The first-order chi connectivity index (χ1) is 20.8. The number of aromatic amines is 1. The van der Waals surface area contributed by atoms with Crippen LogP contribution < -0.4 is 20.1 Å². The number of hydrogen-bond acceptors (Lipinski definition) is 11. The van der Waals surface area contributed by atoms with Crippen molar-refractivity contribution in [3.05, 3.63) is 40.6 Å². The molecule has 1 aliphatic heterocycles. The number of rotatable bonds is 15. The van der Waals surface area contributed by atoms with Crippen molar-refractivity contribution >= 4 is 11.8 Å². The van der Waals surface area contributed by atoms with Crippen molar-refractivity contribution in [1.29, 1.82) is 0 Å². The minimum absolute atomic E-state index is 0.0336. The highest BCUT2D eigenvalue weighted by Crippen LogP contribution is 2.32. The van der Waals surface area contributed by atoms with E-state index < -0.39 is 42.9 Å². The van der Waals surface area contributed by atoms with Crippen LogP contribution in [0.2, 0.25) is 0 Å². The van der Waals surface area contributed by atoms with Crippen molar-refractivity contribution in [3.63, 3.8) is 0 Å². The van der Waals surface area contributed by atoms with Crippen molar-refractivity contribution in [1.82, 2.24) is 20.8 Å². The van der Waals surface area contributed by atoms with E-state index >= 15 is 0 Å². The van der Waals surface area contributed by atoms with Gasteiger partial charge in [-0.05, 0) is 56.4 Å². The van der Waals surface area contributed by atoms with Gasteiger partial charge in [0.25, 0.3) is 0 Å². The molecular formula is C30H46N4O10. The van der Waals surface area contributed by atoms with Crippen LogP contribution in [0.15, 0.2) is 18.2 Å². The van der Waals surface area contributed by atoms with E-state index in [0.29, 0.717) is 30.7 Å². The van der Waals surface area contributed by atoms with Crippen molar-refractivity contribution in [2.75, 3.05) is 26.4 Å². The Bertz CT molecular complexity index is 1250. The summed E-state index contributed by atoms with van der Waals surface area (Å²) in [5, 5.41) is 61.7. The van der Waals surface area contributed by atoms with Gasteiger partial charge in [0.05, 0.1) is 19.6 Å². The molecule has 0 spiro atoms. The largest absolute Gasteiger partial charge is 0.493 e. The van der Waals surface area contributed by atoms with Crippen molar-refractivity contribution < 1.29 is 49.3 Å². The van der Waals surface area contributed by atoms with Gasteiger partial charge in [0, 0.05) is 30.8 Å². The molecule has 1 aliphatic rings. The van der Waals surface area contributed by atoms with Gasteiger partial charge in [-0.1, -0.05) is 19.9 Å². The van der Waals surface area contributed by atoms with Gasteiger partial charge >= 0.3 is 0 Å². The molecule has 1 aromatic carbocycles. The number of nitrogens with zero attached hydrogens (tertiary/aromatic N) is 1. The smallest absolute Gasteiger partial charge is 0.245 e. The average molecular weight is 623 g/mol. The van der Waals surface area contributed by atoms with E-state index in [1.807, 2.05) is 32.9 Å². The Balaban J connectivity index is 1.63. The highest BCUT2D eigenvalue weighted by Gasteiger charge is 2.45. The van der Waals surface area contributed by atoms with E-state index in [1.165, 1.54) is 0 Å². The second-order valence-corrected chi connectivity index (χ2v) is 11.8. The highest BCUT2D eigenvalue weighted by atomic mass is 16.7. The molecule has 1 unspecified atom stereocenters. The number of aromatic nitrogens is 2. The standard InChI is InChI=1S/C30H46N4O10/c1-16(2)23-20(27(34-33-23)44-28-26(40)25(39)24(38)21(15-36)43-28)14-18-7-8-19(13-17(18)3)42-12-9-22(37)32-30(4,5)29(41)31-10-6-11-35/h7-8,13,16,21,24-26,28,35-36,38-40H,6,9-12,14-15H2,1-5H3,(H,31,41)(H,32,37)(H,33,34)/t21-,24-,25+,26-,28?/m1/s1. The van der Waals surface area contributed by atoms with Gasteiger partial charge < -0.3 is 50.4 Å². The zero-order chi connectivity index (χ0) is 32.6. The number of H-pyrrole nitrogens is 1. The molecule has 5 atom stereocenters. The summed E-state index contributed by atoms with van der Waals surface area (Å²) in [5.74, 6) is 0.0957. The van der Waals surface area contributed by atoms with E-state index in [0.717, 1.165) is 16.8 Å². The zero-order valence-electron chi connectivity index (χ0n) is 25.9. The monoisotopic (exact) mass is 622 g/mol. The molecule has 2 heterocycles. The summed E-state index contributed by atoms with van der Waals surface area (Å²) < 4.78 is 17.2. The van der Waals surface area contributed by atoms with Gasteiger partial charge in [-0.2, -0.15) is 0 Å². The van der Waals surface area contributed by atoms with Crippen molar-refractivity contribution in [2.45, 2.75) is 96.0 Å². The van der Waals surface area contributed by atoms with Gasteiger partial charge in [-0.25, -0.2) is 0 Å². The summed E-state index contributed by atoms with van der Waals surface area (Å²) in [6, 6.07) is 5.52. The Morgan fingerprint density at radius 3 is 2.50 bits per heavy atom. The van der Waals surface area contributed by atoms with Gasteiger partial charge in [0.15, 0.2) is 0 Å². The number of nitrogens with one attached hydrogen (secondary N) is 3. The predicted molar refractivity (Wildman–Crippen MR) is 158 cm³/mol. The van der Waals surface area contributed by atoms with E-state index in [4.69, 9.17) is 19.3 Å². The zero-order valence-corrected chi connectivity index (χ0v) is 25.9. The molecule has 246 valence electrons. The Labute approximate surface area is 256 Å². The summed E-state index contributed by atoms with van der Waals surface area (Å²) in [6.45, 7) is 8.91. The van der Waals surface area contributed by atoms with E-state index in [2.05, 4.69) is 20.8 Å². The first-order valence-corrected chi connectivity index (χ1v) is 14.8. The van der Waals surface area contributed by atoms with Crippen LogP contribution in [0, 0.1) is 6.92 Å².